The van der Waals surface area contributed by atoms with Gasteiger partial charge in [0.2, 0.25) is 35.4 Å². The molecule has 9 N–H and O–H groups in total. The second-order valence-electron chi connectivity index (χ2n) is 25.6. The Labute approximate surface area is 570 Å². The number of carbonyl (C=O) groups excluding carboxylic acids is 7. The van der Waals surface area contributed by atoms with Crippen molar-refractivity contribution >= 4 is 97.9 Å². The number of nitrogens with one attached hydrogen (secondary N) is 9. The van der Waals surface area contributed by atoms with Crippen LogP contribution in [0, 0.1) is 37.5 Å². The molecule has 6 heterocycles. The van der Waals surface area contributed by atoms with Crippen molar-refractivity contribution in [1.29, 1.82) is 0 Å². The van der Waals surface area contributed by atoms with Gasteiger partial charge in [0.1, 0.15) is 30.2 Å². The Bertz CT molecular complexity index is 3530. The van der Waals surface area contributed by atoms with E-state index in [0.29, 0.717) is 42.2 Å². The molecule has 1 unspecified atom stereocenters. The summed E-state index contributed by atoms with van der Waals surface area (Å²) in [6.07, 6.45) is 12.4. The van der Waals surface area contributed by atoms with E-state index in [4.69, 9.17) is 14.7 Å². The number of imidazole rings is 1. The minimum absolute atomic E-state index is 0. The van der Waals surface area contributed by atoms with Crippen LogP contribution in [0.5, 0.6) is 0 Å². The van der Waals surface area contributed by atoms with Gasteiger partial charge in [-0.1, -0.05) is 107 Å². The molecule has 6 amide bonds. The van der Waals surface area contributed by atoms with E-state index in [1.54, 1.807) is 13.8 Å². The van der Waals surface area contributed by atoms with E-state index >= 15 is 0 Å². The predicted molar refractivity (Wildman–Crippen MR) is 358 cm³/mol. The van der Waals surface area contributed by atoms with Gasteiger partial charge in [0.15, 0.2) is 0 Å². The Morgan fingerprint density at radius 3 is 1.52 bits per heavy atom. The Balaban J connectivity index is 0.00000902. The van der Waals surface area contributed by atoms with Crippen LogP contribution in [0.3, 0.4) is 0 Å². The second kappa shape index (κ2) is 36.3. The van der Waals surface area contributed by atoms with Gasteiger partial charge >= 0.3 is 23.0 Å². The molecule has 1 radical (unpaired) electrons. The zero-order chi connectivity index (χ0) is 66.1. The molecule has 0 saturated carbocycles. The number of unbranched alkanes of at least 4 members (excludes halogenated alkanes) is 3. The molecule has 0 aromatic carbocycles. The molecule has 0 spiro atoms. The number of rotatable bonds is 32. The first-order valence-electron chi connectivity index (χ1n) is 32.0. The topological polar surface area (TPSA) is 287 Å². The number of amides is 6. The second-order valence-corrected chi connectivity index (χ2v) is 25.6. The van der Waals surface area contributed by atoms with Gasteiger partial charge < -0.3 is 75.6 Å². The number of halogens is 1. The van der Waals surface area contributed by atoms with Crippen LogP contribution in [-0.4, -0.2) is 115 Å². The largest absolute Gasteiger partial charge is 3.00 e. The number of fused-ring (bicyclic) bond motifs is 8. The third-order valence-corrected chi connectivity index (χ3v) is 16.7. The Hall–Kier alpha value is -7.17. The van der Waals surface area contributed by atoms with Gasteiger partial charge in [-0.2, -0.15) is 0 Å². The number of hydrogen-bond acceptors (Lipinski definition) is 11. The van der Waals surface area contributed by atoms with Crippen LogP contribution in [0.25, 0.3) is 56.5 Å². The van der Waals surface area contributed by atoms with E-state index < -0.39 is 71.6 Å². The van der Waals surface area contributed by atoms with E-state index in [0.717, 1.165) is 98.0 Å². The molecule has 92 heavy (non-hydrogen) atoms. The molecule has 4 aromatic heterocycles. The van der Waals surface area contributed by atoms with Crippen molar-refractivity contribution in [1.82, 2.24) is 61.8 Å². The van der Waals surface area contributed by atoms with Crippen LogP contribution in [0.1, 0.15) is 198 Å². The number of aromatic nitrogens is 6. The van der Waals surface area contributed by atoms with Crippen molar-refractivity contribution in [2.24, 2.45) is 23.7 Å². The number of aryl methyl sites for hydroxylation is 2. The van der Waals surface area contributed by atoms with Crippen molar-refractivity contribution in [2.75, 3.05) is 13.7 Å². The zero-order valence-electron chi connectivity index (χ0n) is 56.3. The number of H-pyrrole nitrogens is 3. The van der Waals surface area contributed by atoms with Crippen LogP contribution < -0.4 is 55.9 Å². The minimum atomic E-state index is -1.25. The molecule has 6 rings (SSSR count). The van der Waals surface area contributed by atoms with Crippen molar-refractivity contribution in [3.05, 3.63) is 101 Å². The fourth-order valence-corrected chi connectivity index (χ4v) is 11.6. The Kier molecular flexibility index (Phi) is 30.5. The summed E-state index contributed by atoms with van der Waals surface area (Å²) < 4.78 is 4.97. The number of aromatic amines is 3. The van der Waals surface area contributed by atoms with Crippen LogP contribution in [0.15, 0.2) is 49.9 Å². The smallest absolute Gasteiger partial charge is 1.00 e. The fourth-order valence-electron chi connectivity index (χ4n) is 11.6. The standard InChI is InChI=1S/C70H98N12O8.Fe.HI/c1-17-20-21-22-27-72-63(83)25-23-49-44(14)52-32-51-42(12)47(18-2)55(74-51)33-53-43(13)48(19-3)56(75-53)34-54-45(15)50(58(77-54)35-57(49)76-52)24-26-64(84)82-65(41(10)11)69(88)80-61(31-46-36-71-37-73-46)68(87)79-59(28-38(4)5)66(85)78-60(29-39(6)7)67(86)81-62(30-40(8)9)70(89)90-16;;/h18-19,32-41,59-62,65,74-75H,2-3,17,20-31H2,1,4-16H3,(H,71,73)(H,72,83)(H,78,85)(H,79,87)(H,80,88)(H,81,86)(H,82,84);;1H/q;+3;/p-1/t59-,60-,61?,62-,65-;;/m0../s1. The molecule has 0 saturated heterocycles. The molecule has 22 heteroatoms. The van der Waals surface area contributed by atoms with E-state index in [-0.39, 0.29) is 103 Å². The van der Waals surface area contributed by atoms with Crippen molar-refractivity contribution in [3.63, 3.8) is 0 Å². The number of ether oxygens (including phenoxy) is 1. The van der Waals surface area contributed by atoms with E-state index in [2.05, 4.69) is 84.9 Å². The van der Waals surface area contributed by atoms with Gasteiger partial charge in [0.05, 0.1) is 36.2 Å². The monoisotopic (exact) mass is 1420 g/mol. The first-order chi connectivity index (χ1) is 42.8. The maximum atomic E-state index is 14.6. The molecule has 4 aromatic rings. The molecular formula is C70H98FeIN12O8+2. The summed E-state index contributed by atoms with van der Waals surface area (Å²) in [5.74, 6) is -4.04. The average molecular weight is 1420 g/mol. The molecule has 0 aliphatic carbocycles. The van der Waals surface area contributed by atoms with E-state index in [1.165, 1.54) is 19.6 Å². The summed E-state index contributed by atoms with van der Waals surface area (Å²) in [5, 5.41) is 17.5. The maximum Gasteiger partial charge on any atom is 3.00 e. The summed E-state index contributed by atoms with van der Waals surface area (Å²) in [5.41, 5.74) is 14.0. The summed E-state index contributed by atoms with van der Waals surface area (Å²) >= 11 is 0. The maximum absolute atomic E-state index is 14.6. The van der Waals surface area contributed by atoms with Gasteiger partial charge in [-0.05, 0) is 148 Å². The van der Waals surface area contributed by atoms with Crippen molar-refractivity contribution in [3.8, 4) is 0 Å². The minimum Gasteiger partial charge on any atom is -1.00 e. The molecule has 8 bridgehead atoms. The van der Waals surface area contributed by atoms with Crippen LogP contribution >= 0.6 is 0 Å². The number of hydrogen-bond donors (Lipinski definition) is 9. The molecule has 2 aliphatic heterocycles. The molecule has 20 nitrogen and oxygen atoms in total. The number of nitrogens with zero attached hydrogens (tertiary/aromatic N) is 3. The van der Waals surface area contributed by atoms with Gasteiger partial charge in [-0.25, -0.2) is 19.7 Å². The van der Waals surface area contributed by atoms with Crippen molar-refractivity contribution < 1.29 is 79.3 Å². The summed E-state index contributed by atoms with van der Waals surface area (Å²) in [7, 11) is 1.25. The fraction of sp³-hybridized carbons (Fsp3) is 0.514. The Morgan fingerprint density at radius 1 is 0.576 bits per heavy atom. The summed E-state index contributed by atoms with van der Waals surface area (Å²) in [4.78, 5) is 123. The third kappa shape index (κ3) is 20.9. The molecule has 499 valence electrons. The van der Waals surface area contributed by atoms with Crippen LogP contribution in [-0.2, 0) is 61.8 Å². The van der Waals surface area contributed by atoms with Gasteiger partial charge in [-0.15, -0.1) is 0 Å². The van der Waals surface area contributed by atoms with Gasteiger partial charge in [0.25, 0.3) is 0 Å². The number of methoxy groups -OCH3 is 1. The van der Waals surface area contributed by atoms with Crippen LogP contribution in [0.4, 0.5) is 0 Å². The molecular weight excluding hydrogens is 1320 g/mol. The number of allylic oxidation sites excluding steroid dienone is 4. The third-order valence-electron chi connectivity index (χ3n) is 16.7. The van der Waals surface area contributed by atoms with Gasteiger partial charge in [-0.3, -0.25) is 28.8 Å². The molecule has 5 atom stereocenters. The van der Waals surface area contributed by atoms with Crippen LogP contribution in [0.2, 0.25) is 0 Å². The molecule has 2 aliphatic rings. The average Bonchev–Trinajstić information content (AvgIpc) is 1.63. The first kappa shape index (κ1) is 77.3. The summed E-state index contributed by atoms with van der Waals surface area (Å²) in [6.45, 7) is 34.2. The SMILES string of the molecule is C=Cc1c(C)c2cc3[nH]c(cc4nc(cc5nc(cc1[nH]2)C(C)=C5CCC(=O)N[C@H](C(=O)NC(Cc1cnc[nH]1)C(=O)N[C@@H](CC(C)C)C(=O)N[C@@H](CC(C)C)C(=O)N[C@@H](CC(C)C)C(=O)OC)C(C)C)C(CCC(=O)NCCCCCC)=C4C)c(C)c3C=C.[Fe+3].[I-]. The normalized spacial score (nSPS) is 13.8. The number of esters is 1. The zero-order valence-corrected chi connectivity index (χ0v) is 59.5. The quantitative estimate of drug-likeness (QED) is 0.00988. The molecule has 0 fully saturated rings. The predicted octanol–water partition coefficient (Wildman–Crippen LogP) is 7.69. The van der Waals surface area contributed by atoms with E-state index in [1.807, 2.05) is 92.7 Å². The Morgan fingerprint density at radius 2 is 1.04 bits per heavy atom. The first-order valence-corrected chi connectivity index (χ1v) is 32.0. The van der Waals surface area contributed by atoms with Gasteiger partial charge in [0, 0.05) is 70.9 Å². The van der Waals surface area contributed by atoms with E-state index in [9.17, 15) is 33.6 Å². The number of carbonyl (C=O) groups is 7. The summed E-state index contributed by atoms with van der Waals surface area (Å²) in [6, 6.07) is 2.59. The van der Waals surface area contributed by atoms with Crippen molar-refractivity contribution in [2.45, 2.75) is 197 Å².